The number of fused-ring (bicyclic) bond motifs is 2. The van der Waals surface area contributed by atoms with Crippen LogP contribution in [0.4, 0.5) is 5.69 Å². The molecule has 2 bridgehead atoms. The third kappa shape index (κ3) is 1.44. The van der Waals surface area contributed by atoms with Gasteiger partial charge in [0.2, 0.25) is 0 Å². The molecular weight excluding hydrogens is 222 g/mol. The first-order chi connectivity index (χ1) is 7.56. The van der Waals surface area contributed by atoms with Crippen molar-refractivity contribution in [3.8, 4) is 0 Å². The number of hydrogen-bond acceptors (Lipinski definition) is 3. The minimum absolute atomic E-state index is 0.127. The average Bonchev–Trinajstić information content (AvgIpc) is 2.72. The van der Waals surface area contributed by atoms with Crippen molar-refractivity contribution in [2.24, 2.45) is 0 Å². The Morgan fingerprint density at radius 2 is 2.19 bits per heavy atom. The van der Waals surface area contributed by atoms with Gasteiger partial charge in [-0.3, -0.25) is 0 Å². The second-order valence-corrected chi connectivity index (χ2v) is 7.16. The number of aryl methyl sites for hydroxylation is 1. The minimum Gasteiger partial charge on any atom is -0.366 e. The van der Waals surface area contributed by atoms with Crippen molar-refractivity contribution in [1.82, 2.24) is 0 Å². The normalized spacial score (nSPS) is 30.9. The van der Waals surface area contributed by atoms with E-state index < -0.39 is 9.84 Å². The molecule has 0 amide bonds. The highest BCUT2D eigenvalue weighted by molar-refractivity contribution is 7.92. The second-order valence-electron chi connectivity index (χ2n) is 4.83. The van der Waals surface area contributed by atoms with Crippen molar-refractivity contribution in [3.63, 3.8) is 0 Å². The zero-order valence-corrected chi connectivity index (χ0v) is 10.1. The van der Waals surface area contributed by atoms with E-state index in [1.807, 2.05) is 6.07 Å². The molecule has 2 aliphatic rings. The second kappa shape index (κ2) is 3.23. The number of hydrogen-bond donors (Lipinski definition) is 0. The van der Waals surface area contributed by atoms with E-state index in [1.165, 1.54) is 11.3 Å². The molecule has 1 aromatic rings. The largest absolute Gasteiger partial charge is 0.366 e. The molecule has 2 saturated heterocycles. The maximum atomic E-state index is 11.6. The highest BCUT2D eigenvalue weighted by Gasteiger charge is 2.48. The van der Waals surface area contributed by atoms with Gasteiger partial charge < -0.3 is 4.90 Å². The lowest BCUT2D eigenvalue weighted by Crippen LogP contribution is -2.40. The predicted octanol–water partition coefficient (Wildman–Crippen LogP) is 1.37. The molecule has 2 fully saturated rings. The maximum absolute atomic E-state index is 11.6. The quantitative estimate of drug-likeness (QED) is 0.740. The number of sulfone groups is 1. The van der Waals surface area contributed by atoms with E-state index in [1.54, 1.807) is 0 Å². The van der Waals surface area contributed by atoms with Crippen LogP contribution in [0.2, 0.25) is 0 Å². The van der Waals surface area contributed by atoms with E-state index in [0.717, 1.165) is 6.42 Å². The summed E-state index contributed by atoms with van der Waals surface area (Å²) in [6, 6.07) is 8.50. The van der Waals surface area contributed by atoms with E-state index in [2.05, 4.69) is 30.0 Å². The summed E-state index contributed by atoms with van der Waals surface area (Å²) in [7, 11) is -2.78. The Morgan fingerprint density at radius 3 is 2.75 bits per heavy atom. The Kier molecular flexibility index (Phi) is 2.05. The van der Waals surface area contributed by atoms with Crippen molar-refractivity contribution in [3.05, 3.63) is 29.8 Å². The summed E-state index contributed by atoms with van der Waals surface area (Å²) < 4.78 is 23.3. The highest BCUT2D eigenvalue weighted by Crippen LogP contribution is 2.36. The predicted molar refractivity (Wildman–Crippen MR) is 64.5 cm³/mol. The topological polar surface area (TPSA) is 37.4 Å². The van der Waals surface area contributed by atoms with Crippen LogP contribution >= 0.6 is 0 Å². The van der Waals surface area contributed by atoms with Crippen molar-refractivity contribution < 1.29 is 8.42 Å². The van der Waals surface area contributed by atoms with Gasteiger partial charge in [0.25, 0.3) is 0 Å². The lowest BCUT2D eigenvalue weighted by molar-refractivity contribution is 0.585. The van der Waals surface area contributed by atoms with Crippen molar-refractivity contribution in [1.29, 1.82) is 0 Å². The first-order valence-electron chi connectivity index (χ1n) is 5.61. The number of anilines is 1. The van der Waals surface area contributed by atoms with Crippen LogP contribution in [0.15, 0.2) is 24.3 Å². The molecule has 2 aliphatic heterocycles. The van der Waals surface area contributed by atoms with Crippen LogP contribution in [-0.4, -0.2) is 32.0 Å². The molecule has 3 rings (SSSR count). The third-order valence-corrected chi connectivity index (χ3v) is 5.85. The highest BCUT2D eigenvalue weighted by atomic mass is 32.2. The fraction of sp³-hybridized carbons (Fsp3) is 0.500. The van der Waals surface area contributed by atoms with Crippen molar-refractivity contribution in [2.45, 2.75) is 24.6 Å². The summed E-state index contributed by atoms with van der Waals surface area (Å²) >= 11 is 0. The molecule has 0 N–H and O–H groups in total. The average molecular weight is 237 g/mol. The monoisotopic (exact) mass is 237 g/mol. The van der Waals surface area contributed by atoms with Gasteiger partial charge in [0.05, 0.1) is 11.0 Å². The molecule has 86 valence electrons. The van der Waals surface area contributed by atoms with Crippen LogP contribution in [0.1, 0.15) is 12.0 Å². The van der Waals surface area contributed by atoms with Gasteiger partial charge in [-0.15, -0.1) is 0 Å². The van der Waals surface area contributed by atoms with Crippen molar-refractivity contribution >= 4 is 15.5 Å². The summed E-state index contributed by atoms with van der Waals surface area (Å²) in [6.45, 7) is 2.74. The number of benzene rings is 1. The van der Waals surface area contributed by atoms with E-state index in [9.17, 15) is 8.42 Å². The van der Waals surface area contributed by atoms with Crippen LogP contribution in [-0.2, 0) is 9.84 Å². The number of nitrogens with zero attached hydrogens (tertiary/aromatic N) is 1. The van der Waals surface area contributed by atoms with E-state index in [-0.39, 0.29) is 11.3 Å². The summed E-state index contributed by atoms with van der Waals surface area (Å²) in [5.41, 5.74) is 2.39. The smallest absolute Gasteiger partial charge is 0.156 e. The van der Waals surface area contributed by atoms with Crippen LogP contribution in [0.25, 0.3) is 0 Å². The Hall–Kier alpha value is -1.03. The summed E-state index contributed by atoms with van der Waals surface area (Å²) in [5.74, 6) is 0.339. The van der Waals surface area contributed by atoms with Crippen LogP contribution < -0.4 is 4.90 Å². The third-order valence-electron chi connectivity index (χ3n) is 3.64. The van der Waals surface area contributed by atoms with Crippen LogP contribution in [0.3, 0.4) is 0 Å². The Labute approximate surface area is 96.0 Å². The number of rotatable bonds is 1. The molecule has 0 spiro atoms. The molecule has 1 aromatic carbocycles. The molecule has 3 nitrogen and oxygen atoms in total. The van der Waals surface area contributed by atoms with Crippen molar-refractivity contribution in [2.75, 3.05) is 17.2 Å². The fourth-order valence-corrected chi connectivity index (χ4v) is 4.85. The Bertz CT molecular complexity index is 524. The molecule has 2 unspecified atom stereocenters. The molecule has 0 aliphatic carbocycles. The first kappa shape index (κ1) is 10.1. The van der Waals surface area contributed by atoms with E-state index >= 15 is 0 Å². The lowest BCUT2D eigenvalue weighted by atomic mass is 10.2. The molecule has 2 heterocycles. The molecule has 16 heavy (non-hydrogen) atoms. The van der Waals surface area contributed by atoms with E-state index in [4.69, 9.17) is 0 Å². The van der Waals surface area contributed by atoms with Crippen LogP contribution in [0, 0.1) is 6.92 Å². The Balaban J connectivity index is 1.91. The zero-order chi connectivity index (χ0) is 11.3. The van der Waals surface area contributed by atoms with Gasteiger partial charge in [-0.1, -0.05) is 12.1 Å². The molecule has 0 radical (unpaired) electrons. The van der Waals surface area contributed by atoms with Gasteiger partial charge in [0.15, 0.2) is 9.84 Å². The van der Waals surface area contributed by atoms with Gasteiger partial charge in [-0.2, -0.15) is 0 Å². The Morgan fingerprint density at radius 1 is 1.38 bits per heavy atom. The maximum Gasteiger partial charge on any atom is 0.156 e. The van der Waals surface area contributed by atoms with E-state index in [0.29, 0.717) is 12.3 Å². The summed E-state index contributed by atoms with van der Waals surface area (Å²) in [5, 5.41) is -0.127. The molecule has 4 heteroatoms. The van der Waals surface area contributed by atoms with Gasteiger partial charge in [0, 0.05) is 18.3 Å². The summed E-state index contributed by atoms with van der Waals surface area (Å²) in [4.78, 5) is 2.25. The van der Waals surface area contributed by atoms with Gasteiger partial charge in [-0.05, 0) is 31.0 Å². The molecule has 0 aromatic heterocycles. The molecule has 2 atom stereocenters. The lowest BCUT2D eigenvalue weighted by Gasteiger charge is -2.29. The SMILES string of the molecule is Cc1cccc(N2CC3CC2CS3(=O)=O)c1. The van der Waals surface area contributed by atoms with Crippen LogP contribution in [0.5, 0.6) is 0 Å². The molecule has 0 saturated carbocycles. The van der Waals surface area contributed by atoms with Gasteiger partial charge in [-0.25, -0.2) is 8.42 Å². The molecular formula is C12H15NO2S. The summed E-state index contributed by atoms with van der Waals surface area (Å²) in [6.07, 6.45) is 0.816. The van der Waals surface area contributed by atoms with Gasteiger partial charge in [0.1, 0.15) is 0 Å². The fourth-order valence-electron chi connectivity index (χ4n) is 2.82. The standard InChI is InChI=1S/C12H15NO2S/c1-9-3-2-4-10(5-9)13-7-12-6-11(13)8-16(12,14)15/h2-5,11-12H,6-8H2,1H3. The first-order valence-corrected chi connectivity index (χ1v) is 7.33. The zero-order valence-electron chi connectivity index (χ0n) is 9.26. The van der Waals surface area contributed by atoms with Gasteiger partial charge >= 0.3 is 0 Å². The minimum atomic E-state index is -2.78.